The minimum atomic E-state index is -0.484. The van der Waals surface area contributed by atoms with Crippen molar-refractivity contribution < 1.29 is 4.79 Å². The summed E-state index contributed by atoms with van der Waals surface area (Å²) in [6, 6.07) is 20.9. The summed E-state index contributed by atoms with van der Waals surface area (Å²) in [7, 11) is 0. The van der Waals surface area contributed by atoms with E-state index in [1.54, 1.807) is 11.3 Å². The van der Waals surface area contributed by atoms with Crippen molar-refractivity contribution in [2.45, 2.75) is 44.4 Å². The quantitative estimate of drug-likeness (QED) is 0.654. The van der Waals surface area contributed by atoms with Gasteiger partial charge in [0.15, 0.2) is 5.13 Å². The summed E-state index contributed by atoms with van der Waals surface area (Å²) < 4.78 is 0. The summed E-state index contributed by atoms with van der Waals surface area (Å²) in [6.07, 6.45) is 5.37. The van der Waals surface area contributed by atoms with Crippen molar-refractivity contribution in [3.05, 3.63) is 82.4 Å². The molecule has 1 atom stereocenters. The highest BCUT2D eigenvalue weighted by Crippen LogP contribution is 2.68. The highest BCUT2D eigenvalue weighted by molar-refractivity contribution is 7.15. The van der Waals surface area contributed by atoms with Crippen LogP contribution in [0.3, 0.4) is 0 Å². The van der Waals surface area contributed by atoms with Crippen LogP contribution in [0.5, 0.6) is 0 Å². The third kappa shape index (κ3) is 2.62. The van der Waals surface area contributed by atoms with E-state index in [1.807, 2.05) is 12.1 Å². The van der Waals surface area contributed by atoms with Gasteiger partial charge in [0, 0.05) is 10.3 Å². The molecule has 142 valence electrons. The van der Waals surface area contributed by atoms with Gasteiger partial charge in [0.05, 0.1) is 11.1 Å². The van der Waals surface area contributed by atoms with Crippen molar-refractivity contribution in [1.82, 2.24) is 4.98 Å². The van der Waals surface area contributed by atoms with Crippen LogP contribution in [-0.4, -0.2) is 10.9 Å². The maximum atomic E-state index is 13.4. The van der Waals surface area contributed by atoms with Gasteiger partial charge < -0.3 is 5.32 Å². The molecule has 0 radical (unpaired) electrons. The summed E-state index contributed by atoms with van der Waals surface area (Å²) in [5.74, 6) is 0.0753. The minimum Gasteiger partial charge on any atom is -0.301 e. The number of nitrogens with zero attached hydrogens (tertiary/aromatic N) is 1. The second kappa shape index (κ2) is 6.56. The van der Waals surface area contributed by atoms with Crippen LogP contribution in [0.15, 0.2) is 60.7 Å². The highest BCUT2D eigenvalue weighted by atomic mass is 32.1. The lowest BCUT2D eigenvalue weighted by atomic mass is 9.80. The number of rotatable bonds is 4. The topological polar surface area (TPSA) is 42.0 Å². The summed E-state index contributed by atoms with van der Waals surface area (Å²) in [5, 5.41) is 3.93. The Bertz CT molecular complexity index is 949. The van der Waals surface area contributed by atoms with Crippen LogP contribution >= 0.6 is 11.3 Å². The SMILES string of the molecule is CC1(C(=O)Nc2nc3c(s2)CCCC3)CC1(c1ccccc1)c1ccccc1. The van der Waals surface area contributed by atoms with Crippen LogP contribution in [-0.2, 0) is 23.1 Å². The van der Waals surface area contributed by atoms with E-state index in [9.17, 15) is 4.79 Å². The Morgan fingerprint density at radius 2 is 1.57 bits per heavy atom. The molecule has 0 saturated heterocycles. The zero-order valence-electron chi connectivity index (χ0n) is 16.1. The molecule has 2 aliphatic rings. The van der Waals surface area contributed by atoms with Crippen molar-refractivity contribution in [2.24, 2.45) is 5.41 Å². The first-order valence-corrected chi connectivity index (χ1v) is 10.9. The van der Waals surface area contributed by atoms with Gasteiger partial charge in [-0.1, -0.05) is 60.7 Å². The number of hydrogen-bond donors (Lipinski definition) is 1. The molecule has 2 aromatic carbocycles. The predicted octanol–water partition coefficient (Wildman–Crippen LogP) is 5.36. The third-order valence-electron chi connectivity index (χ3n) is 6.54. The second-order valence-electron chi connectivity index (χ2n) is 8.20. The first-order valence-electron chi connectivity index (χ1n) is 10.0. The van der Waals surface area contributed by atoms with Crippen LogP contribution in [0, 0.1) is 5.41 Å². The lowest BCUT2D eigenvalue weighted by molar-refractivity contribution is -0.121. The van der Waals surface area contributed by atoms with E-state index >= 15 is 0 Å². The molecule has 1 aromatic heterocycles. The number of carbonyl (C=O) groups is 1. The van der Waals surface area contributed by atoms with Crippen LogP contribution in [0.4, 0.5) is 5.13 Å². The molecule has 28 heavy (non-hydrogen) atoms. The second-order valence-corrected chi connectivity index (χ2v) is 9.28. The van der Waals surface area contributed by atoms with E-state index in [-0.39, 0.29) is 11.3 Å². The molecule has 1 unspecified atom stereocenters. The summed E-state index contributed by atoms with van der Waals surface area (Å²) >= 11 is 1.66. The number of fused-ring (bicyclic) bond motifs is 1. The molecular weight excluding hydrogens is 364 g/mol. The Morgan fingerprint density at radius 1 is 0.964 bits per heavy atom. The van der Waals surface area contributed by atoms with Crippen LogP contribution in [0.25, 0.3) is 0 Å². The standard InChI is InChI=1S/C24H24N2OS/c1-23(21(27)26-22-25-19-14-8-9-15-20(19)28-22)16-24(23,17-10-4-2-5-11-17)18-12-6-3-7-13-18/h2-7,10-13H,8-9,14-16H2,1H3,(H,25,26,27). The number of aryl methyl sites for hydroxylation is 2. The largest absolute Gasteiger partial charge is 0.301 e. The molecule has 4 heteroatoms. The molecule has 3 nitrogen and oxygen atoms in total. The molecule has 1 fully saturated rings. The number of hydrogen-bond acceptors (Lipinski definition) is 3. The Morgan fingerprint density at radius 3 is 2.18 bits per heavy atom. The maximum absolute atomic E-state index is 13.4. The van der Waals surface area contributed by atoms with Gasteiger partial charge in [-0.05, 0) is 50.2 Å². The highest BCUT2D eigenvalue weighted by Gasteiger charge is 2.70. The van der Waals surface area contributed by atoms with Crippen LogP contribution in [0.2, 0.25) is 0 Å². The fraction of sp³-hybridized carbons (Fsp3) is 0.333. The molecular formula is C24H24N2OS. The van der Waals surface area contributed by atoms with Crippen molar-refractivity contribution in [1.29, 1.82) is 0 Å². The molecule has 1 N–H and O–H groups in total. The van der Waals surface area contributed by atoms with E-state index in [2.05, 4.69) is 60.8 Å². The monoisotopic (exact) mass is 388 g/mol. The molecule has 1 amide bonds. The number of nitrogens with one attached hydrogen (secondary N) is 1. The van der Waals surface area contributed by atoms with Crippen molar-refractivity contribution >= 4 is 22.4 Å². The van der Waals surface area contributed by atoms with Gasteiger partial charge in [0.2, 0.25) is 5.91 Å². The Balaban J connectivity index is 1.48. The fourth-order valence-electron chi connectivity index (χ4n) is 4.85. The lowest BCUT2D eigenvalue weighted by Gasteiger charge is -2.23. The number of carbonyl (C=O) groups excluding carboxylic acids is 1. The van der Waals surface area contributed by atoms with Crippen molar-refractivity contribution in [3.63, 3.8) is 0 Å². The molecule has 2 aliphatic carbocycles. The molecule has 3 aromatic rings. The van der Waals surface area contributed by atoms with Crippen LogP contribution in [0.1, 0.15) is 47.9 Å². The molecule has 1 saturated carbocycles. The van der Waals surface area contributed by atoms with Gasteiger partial charge >= 0.3 is 0 Å². The average Bonchev–Trinajstić information content (AvgIpc) is 3.20. The summed E-state index contributed by atoms with van der Waals surface area (Å²) in [6.45, 7) is 2.09. The number of benzene rings is 2. The predicted molar refractivity (Wildman–Crippen MR) is 114 cm³/mol. The Kier molecular flexibility index (Phi) is 4.13. The maximum Gasteiger partial charge on any atom is 0.233 e. The molecule has 5 rings (SSSR count). The van der Waals surface area contributed by atoms with Gasteiger partial charge in [-0.3, -0.25) is 4.79 Å². The third-order valence-corrected chi connectivity index (χ3v) is 7.61. The Hall–Kier alpha value is -2.46. The zero-order valence-corrected chi connectivity index (χ0v) is 16.9. The average molecular weight is 389 g/mol. The zero-order chi connectivity index (χ0) is 19.2. The van der Waals surface area contributed by atoms with E-state index in [0.29, 0.717) is 0 Å². The van der Waals surface area contributed by atoms with Gasteiger partial charge in [-0.15, -0.1) is 11.3 Å². The molecule has 0 aliphatic heterocycles. The van der Waals surface area contributed by atoms with Gasteiger partial charge in [0.1, 0.15) is 0 Å². The normalized spacial score (nSPS) is 22.3. The number of anilines is 1. The van der Waals surface area contributed by atoms with Crippen LogP contribution < -0.4 is 5.32 Å². The molecule has 0 bridgehead atoms. The number of aromatic nitrogens is 1. The van der Waals surface area contributed by atoms with Crippen molar-refractivity contribution in [2.75, 3.05) is 5.32 Å². The van der Waals surface area contributed by atoms with E-state index in [1.165, 1.54) is 34.5 Å². The lowest BCUT2D eigenvalue weighted by Crippen LogP contribution is -2.30. The summed E-state index contributed by atoms with van der Waals surface area (Å²) in [4.78, 5) is 19.5. The van der Waals surface area contributed by atoms with E-state index < -0.39 is 5.41 Å². The fourth-order valence-corrected chi connectivity index (χ4v) is 5.90. The first-order chi connectivity index (χ1) is 13.6. The molecule has 1 heterocycles. The minimum absolute atomic E-state index is 0.0753. The van der Waals surface area contributed by atoms with E-state index in [4.69, 9.17) is 4.98 Å². The van der Waals surface area contributed by atoms with Gasteiger partial charge in [0.25, 0.3) is 0 Å². The Labute approximate surface area is 169 Å². The number of amides is 1. The van der Waals surface area contributed by atoms with Gasteiger partial charge in [-0.25, -0.2) is 4.98 Å². The van der Waals surface area contributed by atoms with E-state index in [0.717, 1.165) is 24.4 Å². The van der Waals surface area contributed by atoms with Gasteiger partial charge in [-0.2, -0.15) is 0 Å². The van der Waals surface area contributed by atoms with Crippen molar-refractivity contribution in [3.8, 4) is 0 Å². The number of thiazole rings is 1. The smallest absolute Gasteiger partial charge is 0.233 e. The molecule has 0 spiro atoms. The summed E-state index contributed by atoms with van der Waals surface area (Å²) in [5.41, 5.74) is 2.83. The first kappa shape index (κ1) is 17.6.